The third kappa shape index (κ3) is 4.53. The van der Waals surface area contributed by atoms with Crippen LogP contribution in [-0.4, -0.2) is 12.1 Å². The number of carbonyl (C=O) groups excluding carboxylic acids is 1. The molecule has 2 nitrogen and oxygen atoms in total. The van der Waals surface area contributed by atoms with Gasteiger partial charge in [0.25, 0.3) is 0 Å². The summed E-state index contributed by atoms with van der Waals surface area (Å²) in [6.07, 6.45) is -3.74. The van der Waals surface area contributed by atoms with Crippen LogP contribution in [0.3, 0.4) is 0 Å². The maximum atomic E-state index is 13.2. The molecule has 0 aliphatic heterocycles. The summed E-state index contributed by atoms with van der Waals surface area (Å²) in [6.45, 7) is 5.29. The van der Waals surface area contributed by atoms with Crippen molar-refractivity contribution in [1.82, 2.24) is 0 Å². The monoisotopic (exact) mass is 440 g/mol. The van der Waals surface area contributed by atoms with E-state index in [1.165, 1.54) is 12.1 Å². The molecule has 0 radical (unpaired) electrons. The van der Waals surface area contributed by atoms with Gasteiger partial charge in [-0.15, -0.1) is 0 Å². The molecule has 0 aromatic heterocycles. The van der Waals surface area contributed by atoms with Gasteiger partial charge in [-0.25, -0.2) is 4.39 Å². The highest BCUT2D eigenvalue weighted by Crippen LogP contribution is 2.60. The average molecular weight is 441 g/mol. The summed E-state index contributed by atoms with van der Waals surface area (Å²) in [5.74, 6) is -2.21. The molecule has 1 fully saturated rings. The Bertz CT molecular complexity index is 978. The molecule has 0 spiro atoms. The fraction of sp³-hybridized carbons (Fsp3) is 0.348. The highest BCUT2D eigenvalue weighted by atomic mass is 35.5. The molecule has 7 heteroatoms. The molecule has 1 aliphatic rings. The number of hydrogen-bond acceptors (Lipinski definition) is 2. The molecule has 0 N–H and O–H groups in total. The van der Waals surface area contributed by atoms with E-state index in [0.717, 1.165) is 28.3 Å². The van der Waals surface area contributed by atoms with Gasteiger partial charge in [0.1, 0.15) is 17.5 Å². The smallest absolute Gasteiger partial charge is 0.426 e. The Morgan fingerprint density at radius 2 is 1.80 bits per heavy atom. The van der Waals surface area contributed by atoms with Crippen LogP contribution >= 0.6 is 11.6 Å². The Hall–Kier alpha value is -2.34. The van der Waals surface area contributed by atoms with Gasteiger partial charge in [0, 0.05) is 0 Å². The van der Waals surface area contributed by atoms with Gasteiger partial charge in [0.15, 0.2) is 0 Å². The van der Waals surface area contributed by atoms with Gasteiger partial charge in [-0.05, 0) is 52.6 Å². The zero-order chi connectivity index (χ0) is 22.3. The summed E-state index contributed by atoms with van der Waals surface area (Å²) < 4.78 is 56.7. The first-order valence-electron chi connectivity index (χ1n) is 9.38. The van der Waals surface area contributed by atoms with E-state index in [1.807, 2.05) is 25.1 Å². The minimum Gasteiger partial charge on any atom is -0.461 e. The summed E-state index contributed by atoms with van der Waals surface area (Å²) in [7, 11) is 0. The predicted molar refractivity (Wildman–Crippen MR) is 107 cm³/mol. The van der Waals surface area contributed by atoms with Crippen LogP contribution in [0.25, 0.3) is 11.1 Å². The van der Waals surface area contributed by atoms with Crippen LogP contribution in [0, 0.1) is 30.0 Å². The van der Waals surface area contributed by atoms with Crippen LogP contribution in [0.15, 0.2) is 53.6 Å². The van der Waals surface area contributed by atoms with E-state index in [1.54, 1.807) is 26.0 Å². The van der Waals surface area contributed by atoms with Crippen molar-refractivity contribution in [3.8, 4) is 11.1 Å². The lowest BCUT2D eigenvalue weighted by Gasteiger charge is -2.12. The van der Waals surface area contributed by atoms with E-state index in [4.69, 9.17) is 16.3 Å². The molecule has 0 heterocycles. The Morgan fingerprint density at radius 3 is 2.40 bits per heavy atom. The largest absolute Gasteiger partial charge is 0.461 e. The molecule has 2 aromatic rings. The summed E-state index contributed by atoms with van der Waals surface area (Å²) in [5, 5.41) is -1.22. The van der Waals surface area contributed by atoms with Crippen LogP contribution in [0.5, 0.6) is 0 Å². The summed E-state index contributed by atoms with van der Waals surface area (Å²) in [6, 6.07) is 11.6. The second-order valence-corrected chi connectivity index (χ2v) is 8.45. The Kier molecular flexibility index (Phi) is 6.01. The number of benzene rings is 2. The minimum absolute atomic E-state index is 0.00425. The van der Waals surface area contributed by atoms with Crippen molar-refractivity contribution >= 4 is 17.6 Å². The summed E-state index contributed by atoms with van der Waals surface area (Å²) >= 11 is 5.33. The lowest BCUT2D eigenvalue weighted by atomic mass is 9.97. The van der Waals surface area contributed by atoms with E-state index < -0.39 is 34.4 Å². The van der Waals surface area contributed by atoms with Crippen molar-refractivity contribution in [2.45, 2.75) is 33.6 Å². The van der Waals surface area contributed by atoms with Gasteiger partial charge < -0.3 is 4.74 Å². The second kappa shape index (κ2) is 8.06. The fourth-order valence-electron chi connectivity index (χ4n) is 3.71. The zero-order valence-electron chi connectivity index (χ0n) is 16.7. The molecule has 3 rings (SSSR count). The van der Waals surface area contributed by atoms with Crippen molar-refractivity contribution in [1.29, 1.82) is 0 Å². The third-order valence-electron chi connectivity index (χ3n) is 5.73. The van der Waals surface area contributed by atoms with E-state index in [0.29, 0.717) is 0 Å². The number of carbonyl (C=O) groups is 1. The molecule has 30 heavy (non-hydrogen) atoms. The van der Waals surface area contributed by atoms with E-state index >= 15 is 0 Å². The molecule has 0 amide bonds. The SMILES string of the molecule is Cc1c(COC(=O)[C@@H]2[C@H](/C=C(\Cl)C(F)(F)F)C2(C)C)cccc1-c1ccc(F)cc1. The Labute approximate surface area is 177 Å². The number of alkyl halides is 3. The molecular weight excluding hydrogens is 420 g/mol. The van der Waals surface area contributed by atoms with Gasteiger partial charge in [-0.3, -0.25) is 4.79 Å². The first-order valence-corrected chi connectivity index (χ1v) is 9.76. The van der Waals surface area contributed by atoms with Crippen molar-refractivity contribution in [2.75, 3.05) is 0 Å². The van der Waals surface area contributed by atoms with Crippen LogP contribution < -0.4 is 0 Å². The maximum absolute atomic E-state index is 13.2. The number of esters is 1. The topological polar surface area (TPSA) is 26.3 Å². The van der Waals surface area contributed by atoms with Crippen molar-refractivity contribution in [2.24, 2.45) is 17.3 Å². The van der Waals surface area contributed by atoms with Gasteiger partial charge in [0.05, 0.1) is 5.92 Å². The number of halogens is 5. The number of hydrogen-bond donors (Lipinski definition) is 0. The highest BCUT2D eigenvalue weighted by Gasteiger charge is 2.62. The first-order chi connectivity index (χ1) is 13.9. The van der Waals surface area contributed by atoms with Gasteiger partial charge in [-0.1, -0.05) is 61.9 Å². The maximum Gasteiger partial charge on any atom is 0.426 e. The highest BCUT2D eigenvalue weighted by molar-refractivity contribution is 6.30. The van der Waals surface area contributed by atoms with E-state index in [-0.39, 0.29) is 12.4 Å². The normalized spacial score (nSPS) is 20.7. The molecule has 2 aromatic carbocycles. The van der Waals surface area contributed by atoms with Gasteiger partial charge in [0.2, 0.25) is 0 Å². The quantitative estimate of drug-likeness (QED) is 0.377. The molecule has 0 unspecified atom stereocenters. The fourth-order valence-corrected chi connectivity index (χ4v) is 3.85. The molecule has 0 bridgehead atoms. The molecule has 1 saturated carbocycles. The molecule has 160 valence electrons. The van der Waals surface area contributed by atoms with Crippen LogP contribution in [-0.2, 0) is 16.1 Å². The first kappa shape index (κ1) is 22.3. The second-order valence-electron chi connectivity index (χ2n) is 8.04. The van der Waals surface area contributed by atoms with E-state index in [9.17, 15) is 22.4 Å². The summed E-state index contributed by atoms with van der Waals surface area (Å²) in [4.78, 5) is 12.5. The minimum atomic E-state index is -4.63. The lowest BCUT2D eigenvalue weighted by Crippen LogP contribution is -2.11. The summed E-state index contributed by atoms with van der Waals surface area (Å²) in [5.41, 5.74) is 2.70. The molecule has 0 saturated heterocycles. The van der Waals surface area contributed by atoms with E-state index in [2.05, 4.69) is 0 Å². The standard InChI is InChI=1S/C23H21ClF4O2/c1-13-15(5-4-6-17(13)14-7-9-16(25)10-8-14)12-30-21(29)20-18(22(20,2)3)11-19(24)23(26,27)28/h4-11,18,20H,12H2,1-3H3/b19-11-/t18-,20-/m0/s1. The van der Waals surface area contributed by atoms with Gasteiger partial charge >= 0.3 is 12.1 Å². The Balaban J connectivity index is 1.71. The van der Waals surface area contributed by atoms with Crippen molar-refractivity contribution in [3.63, 3.8) is 0 Å². The predicted octanol–water partition coefficient (Wildman–Crippen LogP) is 6.80. The van der Waals surface area contributed by atoms with Crippen molar-refractivity contribution < 1.29 is 27.1 Å². The number of allylic oxidation sites excluding steroid dienone is 2. The Morgan fingerprint density at radius 1 is 1.17 bits per heavy atom. The molecule has 1 aliphatic carbocycles. The number of rotatable bonds is 5. The molecule has 2 atom stereocenters. The van der Waals surface area contributed by atoms with Crippen LogP contribution in [0.1, 0.15) is 25.0 Å². The van der Waals surface area contributed by atoms with Crippen LogP contribution in [0.4, 0.5) is 17.6 Å². The van der Waals surface area contributed by atoms with Crippen molar-refractivity contribution in [3.05, 3.63) is 70.5 Å². The number of ether oxygens (including phenoxy) is 1. The van der Waals surface area contributed by atoms with Crippen LogP contribution in [0.2, 0.25) is 0 Å². The average Bonchev–Trinajstić information content (AvgIpc) is 3.20. The van der Waals surface area contributed by atoms with Gasteiger partial charge in [-0.2, -0.15) is 13.2 Å². The third-order valence-corrected chi connectivity index (χ3v) is 6.07. The lowest BCUT2D eigenvalue weighted by molar-refractivity contribution is -0.147. The molecular formula is C23H21ClF4O2. The zero-order valence-corrected chi connectivity index (χ0v) is 17.4.